The number of nitrogens with two attached hydrogens (primary N) is 1. The molecule has 4 N–H and O–H groups in total. The molecule has 1 aromatic carbocycles. The van der Waals surface area contributed by atoms with Crippen LogP contribution in [0.15, 0.2) is 18.2 Å². The van der Waals surface area contributed by atoms with Gasteiger partial charge in [-0.15, -0.1) is 0 Å². The van der Waals surface area contributed by atoms with Gasteiger partial charge in [0.15, 0.2) is 0 Å². The van der Waals surface area contributed by atoms with Crippen molar-refractivity contribution in [2.45, 2.75) is 37.8 Å². The molecule has 90 valence electrons. The first kappa shape index (κ1) is 10.6. The number of amides is 1. The molecule has 1 aromatic rings. The van der Waals surface area contributed by atoms with E-state index in [1.165, 1.54) is 5.56 Å². The fourth-order valence-corrected chi connectivity index (χ4v) is 2.49. The van der Waals surface area contributed by atoms with E-state index in [0.717, 1.165) is 30.6 Å². The van der Waals surface area contributed by atoms with Crippen LogP contribution >= 0.6 is 0 Å². The molecule has 1 heterocycles. The predicted molar refractivity (Wildman–Crippen MR) is 68.0 cm³/mol. The van der Waals surface area contributed by atoms with Gasteiger partial charge in [-0.25, -0.2) is 0 Å². The molecule has 0 atom stereocenters. The lowest BCUT2D eigenvalue weighted by Crippen LogP contribution is -2.44. The van der Waals surface area contributed by atoms with Gasteiger partial charge in [0, 0.05) is 29.9 Å². The van der Waals surface area contributed by atoms with Crippen LogP contribution in [0.2, 0.25) is 0 Å². The van der Waals surface area contributed by atoms with Crippen LogP contribution in [-0.2, 0) is 11.2 Å². The van der Waals surface area contributed by atoms with Gasteiger partial charge in [0.05, 0.1) is 0 Å². The molecule has 4 nitrogen and oxygen atoms in total. The largest absolute Gasteiger partial charge is 0.382 e. The van der Waals surface area contributed by atoms with Gasteiger partial charge in [-0.2, -0.15) is 0 Å². The number of benzene rings is 1. The SMILES string of the molecule is NC1CC(Nc2ccc3c(c2)CCC(=O)N3)C1. The number of fused-ring (bicyclic) bond motifs is 1. The lowest BCUT2D eigenvalue weighted by atomic mass is 9.87. The molecule has 4 heteroatoms. The molecule has 1 aliphatic carbocycles. The first-order valence-corrected chi connectivity index (χ1v) is 6.15. The molecular formula is C13H17N3O. The number of carbonyl (C=O) groups excluding carboxylic acids is 1. The smallest absolute Gasteiger partial charge is 0.224 e. The number of hydrogen-bond acceptors (Lipinski definition) is 3. The fraction of sp³-hybridized carbons (Fsp3) is 0.462. The molecule has 0 bridgehead atoms. The Morgan fingerprint density at radius 3 is 2.88 bits per heavy atom. The Morgan fingerprint density at radius 2 is 2.12 bits per heavy atom. The van der Waals surface area contributed by atoms with Crippen molar-refractivity contribution in [2.24, 2.45) is 5.73 Å². The summed E-state index contributed by atoms with van der Waals surface area (Å²) in [5, 5.41) is 6.37. The average Bonchev–Trinajstić information content (AvgIpc) is 2.27. The monoisotopic (exact) mass is 231 g/mol. The van der Waals surface area contributed by atoms with Crippen LogP contribution in [0.25, 0.3) is 0 Å². The Labute approximate surface area is 101 Å². The van der Waals surface area contributed by atoms with Gasteiger partial charge in [-0.1, -0.05) is 0 Å². The van der Waals surface area contributed by atoms with Crippen LogP contribution in [-0.4, -0.2) is 18.0 Å². The van der Waals surface area contributed by atoms with Crippen LogP contribution in [0.5, 0.6) is 0 Å². The molecule has 2 aliphatic rings. The number of aryl methyl sites for hydroxylation is 1. The van der Waals surface area contributed by atoms with E-state index in [9.17, 15) is 4.79 Å². The summed E-state index contributed by atoms with van der Waals surface area (Å²) in [6.45, 7) is 0. The van der Waals surface area contributed by atoms with Crippen molar-refractivity contribution in [3.63, 3.8) is 0 Å². The topological polar surface area (TPSA) is 67.1 Å². The highest BCUT2D eigenvalue weighted by Crippen LogP contribution is 2.28. The Hall–Kier alpha value is -1.55. The summed E-state index contributed by atoms with van der Waals surface area (Å²) in [6, 6.07) is 7.02. The Morgan fingerprint density at radius 1 is 1.29 bits per heavy atom. The summed E-state index contributed by atoms with van der Waals surface area (Å²) in [5.74, 6) is 0.114. The Balaban J connectivity index is 1.72. The van der Waals surface area contributed by atoms with E-state index in [0.29, 0.717) is 18.5 Å². The molecule has 1 fully saturated rings. The molecule has 0 saturated heterocycles. The highest BCUT2D eigenvalue weighted by Gasteiger charge is 2.25. The summed E-state index contributed by atoms with van der Waals surface area (Å²) >= 11 is 0. The van der Waals surface area contributed by atoms with Crippen molar-refractivity contribution in [1.82, 2.24) is 0 Å². The predicted octanol–water partition coefficient (Wildman–Crippen LogP) is 1.47. The van der Waals surface area contributed by atoms with E-state index in [1.807, 2.05) is 12.1 Å². The second-order valence-electron chi connectivity index (χ2n) is 4.99. The van der Waals surface area contributed by atoms with Crippen molar-refractivity contribution >= 4 is 17.3 Å². The highest BCUT2D eigenvalue weighted by molar-refractivity contribution is 5.94. The zero-order chi connectivity index (χ0) is 11.8. The van der Waals surface area contributed by atoms with Gasteiger partial charge in [-0.3, -0.25) is 4.79 Å². The quantitative estimate of drug-likeness (QED) is 0.722. The van der Waals surface area contributed by atoms with Crippen LogP contribution < -0.4 is 16.4 Å². The first-order chi connectivity index (χ1) is 8.20. The van der Waals surface area contributed by atoms with E-state index in [4.69, 9.17) is 5.73 Å². The molecule has 0 radical (unpaired) electrons. The third-order valence-corrected chi connectivity index (χ3v) is 3.55. The molecule has 0 aromatic heterocycles. The third-order valence-electron chi connectivity index (χ3n) is 3.55. The zero-order valence-corrected chi connectivity index (χ0v) is 9.70. The van der Waals surface area contributed by atoms with Crippen molar-refractivity contribution in [1.29, 1.82) is 0 Å². The number of carbonyl (C=O) groups is 1. The Bertz CT molecular complexity index is 452. The Kier molecular flexibility index (Phi) is 2.52. The van der Waals surface area contributed by atoms with Crippen LogP contribution in [0.1, 0.15) is 24.8 Å². The van der Waals surface area contributed by atoms with Crippen LogP contribution in [0.3, 0.4) is 0 Å². The van der Waals surface area contributed by atoms with Gasteiger partial charge in [0.1, 0.15) is 0 Å². The minimum Gasteiger partial charge on any atom is -0.382 e. The molecule has 3 rings (SSSR count). The maximum atomic E-state index is 11.2. The highest BCUT2D eigenvalue weighted by atomic mass is 16.1. The number of anilines is 2. The maximum Gasteiger partial charge on any atom is 0.224 e. The van der Waals surface area contributed by atoms with E-state index in [1.54, 1.807) is 0 Å². The molecule has 0 spiro atoms. The lowest BCUT2D eigenvalue weighted by Gasteiger charge is -2.34. The number of hydrogen-bond donors (Lipinski definition) is 3. The second-order valence-corrected chi connectivity index (χ2v) is 4.99. The van der Waals surface area contributed by atoms with Crippen LogP contribution in [0, 0.1) is 0 Å². The average molecular weight is 231 g/mol. The fourth-order valence-electron chi connectivity index (χ4n) is 2.49. The third kappa shape index (κ3) is 2.13. The zero-order valence-electron chi connectivity index (χ0n) is 9.70. The molecule has 1 amide bonds. The standard InChI is InChI=1S/C13H17N3O/c14-9-6-11(7-9)15-10-2-3-12-8(5-10)1-4-13(17)16-12/h2-3,5,9,11,15H,1,4,6-7,14H2,(H,16,17). The van der Waals surface area contributed by atoms with E-state index in [2.05, 4.69) is 16.7 Å². The minimum absolute atomic E-state index is 0.114. The van der Waals surface area contributed by atoms with Gasteiger partial charge in [0.2, 0.25) is 5.91 Å². The van der Waals surface area contributed by atoms with Gasteiger partial charge >= 0.3 is 0 Å². The van der Waals surface area contributed by atoms with Crippen molar-refractivity contribution < 1.29 is 4.79 Å². The summed E-state index contributed by atoms with van der Waals surface area (Å²) in [7, 11) is 0. The molecule has 1 aliphatic heterocycles. The maximum absolute atomic E-state index is 11.2. The van der Waals surface area contributed by atoms with Gasteiger partial charge in [-0.05, 0) is 43.0 Å². The first-order valence-electron chi connectivity index (χ1n) is 6.15. The molecular weight excluding hydrogens is 214 g/mol. The normalized spacial score (nSPS) is 26.8. The van der Waals surface area contributed by atoms with E-state index >= 15 is 0 Å². The van der Waals surface area contributed by atoms with E-state index < -0.39 is 0 Å². The molecule has 0 unspecified atom stereocenters. The van der Waals surface area contributed by atoms with Crippen molar-refractivity contribution in [3.05, 3.63) is 23.8 Å². The summed E-state index contributed by atoms with van der Waals surface area (Å²) < 4.78 is 0. The summed E-state index contributed by atoms with van der Waals surface area (Å²) in [6.07, 6.45) is 3.52. The number of rotatable bonds is 2. The summed E-state index contributed by atoms with van der Waals surface area (Å²) in [5.41, 5.74) is 9.07. The number of nitrogens with one attached hydrogen (secondary N) is 2. The molecule has 1 saturated carbocycles. The van der Waals surface area contributed by atoms with E-state index in [-0.39, 0.29) is 5.91 Å². The molecule has 17 heavy (non-hydrogen) atoms. The van der Waals surface area contributed by atoms with Crippen LogP contribution in [0.4, 0.5) is 11.4 Å². The van der Waals surface area contributed by atoms with Crippen molar-refractivity contribution in [2.75, 3.05) is 10.6 Å². The van der Waals surface area contributed by atoms with Gasteiger partial charge in [0.25, 0.3) is 0 Å². The minimum atomic E-state index is 0.114. The summed E-state index contributed by atoms with van der Waals surface area (Å²) in [4.78, 5) is 11.2. The second kappa shape index (κ2) is 4.04. The lowest BCUT2D eigenvalue weighted by molar-refractivity contribution is -0.116. The van der Waals surface area contributed by atoms with Crippen molar-refractivity contribution in [3.8, 4) is 0 Å². The van der Waals surface area contributed by atoms with Gasteiger partial charge < -0.3 is 16.4 Å².